The molecule has 9 nitrogen and oxygen atoms in total. The van der Waals surface area contributed by atoms with Gasteiger partial charge in [0.15, 0.2) is 4.34 Å². The fourth-order valence-corrected chi connectivity index (χ4v) is 5.42. The Morgan fingerprint density at radius 3 is 2.59 bits per heavy atom. The van der Waals surface area contributed by atoms with E-state index in [-0.39, 0.29) is 29.4 Å². The third-order valence-corrected chi connectivity index (χ3v) is 6.80. The number of hydrogen-bond acceptors (Lipinski definition) is 9. The molecule has 3 rings (SSSR count). The molecule has 1 aromatic rings. The largest absolute Gasteiger partial charge is 0.477 e. The van der Waals surface area contributed by atoms with E-state index in [9.17, 15) is 19.5 Å². The Morgan fingerprint density at radius 2 is 2.11 bits per heavy atom. The van der Waals surface area contributed by atoms with E-state index in [4.69, 9.17) is 5.73 Å². The van der Waals surface area contributed by atoms with Crippen molar-refractivity contribution >= 4 is 65.6 Å². The van der Waals surface area contributed by atoms with Crippen LogP contribution in [-0.2, 0) is 14.4 Å². The number of nitrogens with two attached hydrogens (primary N) is 1. The van der Waals surface area contributed by atoms with Crippen LogP contribution >= 0.6 is 47.3 Å². The van der Waals surface area contributed by atoms with E-state index in [0.717, 1.165) is 21.3 Å². The second kappa shape index (κ2) is 10.3. The topological polar surface area (TPSA) is 130 Å². The molecular weight excluding hydrogens is 434 g/mol. The Hall–Kier alpha value is -1.34. The van der Waals surface area contributed by atoms with Gasteiger partial charge in [-0.05, 0) is 12.5 Å². The van der Waals surface area contributed by atoms with Gasteiger partial charge < -0.3 is 15.7 Å². The first kappa shape index (κ1) is 23.7. The average molecular weight is 454 g/mol. The second-order valence-corrected chi connectivity index (χ2v) is 9.15. The number of β-lactam (4-membered cyclic amide) rings is 1. The molecular formula is C14H20ClN5O4S3. The fraction of sp³-hybridized carbons (Fsp3) is 0.500. The molecule has 1 fully saturated rings. The summed E-state index contributed by atoms with van der Waals surface area (Å²) in [5, 5.41) is 17.9. The van der Waals surface area contributed by atoms with E-state index in [1.165, 1.54) is 44.7 Å². The van der Waals surface area contributed by atoms with Gasteiger partial charge in [-0.15, -0.1) is 34.4 Å². The van der Waals surface area contributed by atoms with Crippen molar-refractivity contribution in [2.24, 2.45) is 5.73 Å². The first-order chi connectivity index (χ1) is 12.3. The maximum atomic E-state index is 11.8. The highest BCUT2D eigenvalue weighted by Gasteiger charge is 2.51. The molecule has 0 aromatic carbocycles. The summed E-state index contributed by atoms with van der Waals surface area (Å²) in [6.45, 7) is 1.87. The number of nitrogens with zero attached hydrogens (tertiary/aromatic N) is 4. The number of halogens is 1. The number of carbonyl (C=O) groups excluding carboxylic acids is 2. The third kappa shape index (κ3) is 5.57. The molecule has 0 spiro atoms. The van der Waals surface area contributed by atoms with Crippen LogP contribution < -0.4 is 5.73 Å². The molecule has 2 amide bonds. The number of thioether (sulfide) groups is 2. The molecule has 1 aromatic heterocycles. The van der Waals surface area contributed by atoms with Gasteiger partial charge in [-0.2, -0.15) is 0 Å². The lowest BCUT2D eigenvalue weighted by Crippen LogP contribution is -2.68. The maximum Gasteiger partial charge on any atom is 0.352 e. The molecule has 2 unspecified atom stereocenters. The summed E-state index contributed by atoms with van der Waals surface area (Å²) in [6.07, 6.45) is 0.750. The van der Waals surface area contributed by atoms with Crippen LogP contribution in [0.1, 0.15) is 5.01 Å². The lowest BCUT2D eigenvalue weighted by atomic mass is 10.0. The molecule has 1 saturated heterocycles. The van der Waals surface area contributed by atoms with Crippen molar-refractivity contribution < 1.29 is 19.5 Å². The molecule has 3 N–H and O–H groups in total. The molecule has 0 aliphatic carbocycles. The van der Waals surface area contributed by atoms with E-state index < -0.39 is 12.0 Å². The monoisotopic (exact) mass is 453 g/mol. The van der Waals surface area contributed by atoms with Gasteiger partial charge in [0.05, 0.1) is 0 Å². The van der Waals surface area contributed by atoms with Gasteiger partial charge in [-0.3, -0.25) is 14.5 Å². The Labute approximate surface area is 175 Å². The minimum atomic E-state index is -1.08. The first-order valence-electron chi connectivity index (χ1n) is 7.46. The zero-order valence-electron chi connectivity index (χ0n) is 14.8. The number of carboxylic acids is 1. The molecule has 2 atom stereocenters. The standard InChI is InChI=1S/C11H12N4O3S3.C3H7NO.ClH/c1-4-13-14-11(21-4)20-3-5-2-19-9-6(12)8(16)15(9)7(5)10(17)18;1-4(2)3-5;/h6,9H,2-3,12H2,1H3,(H,17,18);3H,1-2H3;1H. The summed E-state index contributed by atoms with van der Waals surface area (Å²) < 4.78 is 0.795. The molecule has 0 saturated carbocycles. The number of aliphatic carboxylic acids is 1. The third-order valence-electron chi connectivity index (χ3n) is 3.38. The van der Waals surface area contributed by atoms with Crippen molar-refractivity contribution in [2.45, 2.75) is 22.7 Å². The number of amides is 2. The lowest BCUT2D eigenvalue weighted by Gasteiger charge is -2.48. The molecule has 13 heteroatoms. The molecule has 0 bridgehead atoms. The summed E-state index contributed by atoms with van der Waals surface area (Å²) in [5.41, 5.74) is 6.51. The molecule has 150 valence electrons. The van der Waals surface area contributed by atoms with Gasteiger partial charge in [0.1, 0.15) is 22.1 Å². The van der Waals surface area contributed by atoms with Crippen LogP contribution in [0.3, 0.4) is 0 Å². The van der Waals surface area contributed by atoms with Crippen molar-refractivity contribution in [2.75, 3.05) is 25.6 Å². The molecule has 2 aliphatic rings. The highest BCUT2D eigenvalue weighted by atomic mass is 35.5. The van der Waals surface area contributed by atoms with Crippen LogP contribution in [0.15, 0.2) is 15.6 Å². The Kier molecular flexibility index (Phi) is 9.02. The zero-order valence-corrected chi connectivity index (χ0v) is 18.1. The zero-order chi connectivity index (χ0) is 19.4. The van der Waals surface area contributed by atoms with Gasteiger partial charge >= 0.3 is 5.97 Å². The van der Waals surface area contributed by atoms with Crippen LogP contribution in [0, 0.1) is 6.92 Å². The van der Waals surface area contributed by atoms with E-state index in [1.807, 2.05) is 6.92 Å². The molecule has 27 heavy (non-hydrogen) atoms. The van der Waals surface area contributed by atoms with Crippen LogP contribution in [-0.4, -0.2) is 80.4 Å². The Morgan fingerprint density at radius 1 is 1.48 bits per heavy atom. The van der Waals surface area contributed by atoms with Crippen LogP contribution in [0.2, 0.25) is 0 Å². The van der Waals surface area contributed by atoms with E-state index in [2.05, 4.69) is 10.2 Å². The minimum absolute atomic E-state index is 0. The van der Waals surface area contributed by atoms with E-state index in [0.29, 0.717) is 11.5 Å². The van der Waals surface area contributed by atoms with Crippen LogP contribution in [0.25, 0.3) is 0 Å². The Balaban J connectivity index is 0.000000542. The van der Waals surface area contributed by atoms with Crippen LogP contribution in [0.5, 0.6) is 0 Å². The second-order valence-electron chi connectivity index (χ2n) is 5.64. The molecule has 2 aliphatic heterocycles. The minimum Gasteiger partial charge on any atom is -0.477 e. The van der Waals surface area contributed by atoms with Gasteiger partial charge in [0.2, 0.25) is 12.3 Å². The van der Waals surface area contributed by atoms with Gasteiger partial charge in [0, 0.05) is 25.6 Å². The predicted octanol–water partition coefficient (Wildman–Crippen LogP) is 0.646. The Bertz CT molecular complexity index is 742. The highest BCUT2D eigenvalue weighted by Crippen LogP contribution is 2.40. The van der Waals surface area contributed by atoms with Crippen molar-refractivity contribution in [1.29, 1.82) is 0 Å². The van der Waals surface area contributed by atoms with Crippen LogP contribution in [0.4, 0.5) is 0 Å². The van der Waals surface area contributed by atoms with Crippen molar-refractivity contribution in [1.82, 2.24) is 20.0 Å². The molecule has 3 heterocycles. The van der Waals surface area contributed by atoms with E-state index in [1.54, 1.807) is 14.1 Å². The van der Waals surface area contributed by atoms with Gasteiger partial charge in [-0.25, -0.2) is 4.79 Å². The van der Waals surface area contributed by atoms with Crippen molar-refractivity contribution in [3.05, 3.63) is 16.3 Å². The predicted molar refractivity (Wildman–Crippen MR) is 108 cm³/mol. The summed E-state index contributed by atoms with van der Waals surface area (Å²) in [7, 11) is 3.38. The number of hydrogen-bond donors (Lipinski definition) is 2. The first-order valence-corrected chi connectivity index (χ1v) is 10.3. The molecule has 0 radical (unpaired) electrons. The van der Waals surface area contributed by atoms with Crippen molar-refractivity contribution in [3.63, 3.8) is 0 Å². The summed E-state index contributed by atoms with van der Waals surface area (Å²) in [6, 6.07) is -0.593. The number of rotatable bonds is 5. The lowest BCUT2D eigenvalue weighted by molar-refractivity contribution is -0.147. The van der Waals surface area contributed by atoms with Gasteiger partial charge in [0.25, 0.3) is 0 Å². The van der Waals surface area contributed by atoms with Crippen molar-refractivity contribution in [3.8, 4) is 0 Å². The number of aromatic nitrogens is 2. The normalized spacial score (nSPS) is 20.6. The smallest absolute Gasteiger partial charge is 0.352 e. The summed E-state index contributed by atoms with van der Waals surface area (Å²) >= 11 is 4.41. The summed E-state index contributed by atoms with van der Waals surface area (Å²) in [4.78, 5) is 35.5. The van der Waals surface area contributed by atoms with Gasteiger partial charge in [-0.1, -0.05) is 23.1 Å². The number of carboxylic acid groups (broad SMARTS) is 1. The highest BCUT2D eigenvalue weighted by molar-refractivity contribution is 8.01. The summed E-state index contributed by atoms with van der Waals surface area (Å²) in [5.74, 6) is -0.354. The average Bonchev–Trinajstić information content (AvgIpc) is 3.03. The maximum absolute atomic E-state index is 11.8. The number of carbonyl (C=O) groups is 3. The SMILES string of the molecule is CN(C)C=O.Cc1nnc(SCC2=C(C(=O)O)N3C(=O)C(N)C3SC2)s1.Cl. The fourth-order valence-electron chi connectivity index (χ4n) is 2.18. The van der Waals surface area contributed by atoms with E-state index >= 15 is 0 Å². The number of fused-ring (bicyclic) bond motifs is 1. The number of aryl methyl sites for hydroxylation is 1. The quantitative estimate of drug-likeness (QED) is 0.374.